The Bertz CT molecular complexity index is 584. The maximum atomic E-state index is 12.7. The first-order chi connectivity index (χ1) is 13.1. The highest BCUT2D eigenvalue weighted by atomic mass is 32.1. The zero-order valence-corrected chi connectivity index (χ0v) is 17.6. The maximum absolute atomic E-state index is 12.7. The van der Waals surface area contributed by atoms with Crippen molar-refractivity contribution in [2.75, 3.05) is 13.1 Å². The Kier molecular flexibility index (Phi) is 9.59. The third-order valence-corrected chi connectivity index (χ3v) is 5.76. The number of hydrogen-bond donors (Lipinski definition) is 2. The normalized spacial score (nSPS) is 14.7. The van der Waals surface area contributed by atoms with E-state index < -0.39 is 0 Å². The maximum Gasteiger partial charge on any atom is 0.317 e. The Hall–Kier alpha value is -1.63. The summed E-state index contributed by atoms with van der Waals surface area (Å²) in [6.07, 6.45) is 9.84. The molecule has 0 spiro atoms. The van der Waals surface area contributed by atoms with Gasteiger partial charge in [0.2, 0.25) is 0 Å². The number of urea groups is 1. The summed E-state index contributed by atoms with van der Waals surface area (Å²) >= 11 is 1.45. The monoisotopic (exact) mass is 394 g/mol. The van der Waals surface area contributed by atoms with E-state index in [0.717, 1.165) is 43.5 Å². The molecule has 1 saturated carbocycles. The Labute approximate surface area is 167 Å². The van der Waals surface area contributed by atoms with Gasteiger partial charge in [0, 0.05) is 24.5 Å². The molecule has 1 aromatic rings. The molecular formula is C20H34N4O2S. The molecule has 0 unspecified atom stereocenters. The van der Waals surface area contributed by atoms with Gasteiger partial charge in [-0.1, -0.05) is 46.0 Å². The van der Waals surface area contributed by atoms with Crippen molar-refractivity contribution < 1.29 is 9.59 Å². The van der Waals surface area contributed by atoms with Crippen LogP contribution in [0.15, 0.2) is 5.38 Å². The van der Waals surface area contributed by atoms with Crippen LogP contribution in [0, 0.1) is 0 Å². The molecule has 0 bridgehead atoms. The lowest BCUT2D eigenvalue weighted by Crippen LogP contribution is -2.45. The minimum atomic E-state index is -0.127. The largest absolute Gasteiger partial charge is 0.351 e. The van der Waals surface area contributed by atoms with Crippen molar-refractivity contribution in [3.8, 4) is 0 Å². The number of rotatable bonds is 10. The van der Waals surface area contributed by atoms with Gasteiger partial charge in [0.1, 0.15) is 10.7 Å². The van der Waals surface area contributed by atoms with Crippen molar-refractivity contribution in [2.24, 2.45) is 0 Å². The van der Waals surface area contributed by atoms with Gasteiger partial charge in [-0.3, -0.25) is 4.79 Å². The topological polar surface area (TPSA) is 74.3 Å². The number of carbonyl (C=O) groups excluding carboxylic acids is 2. The predicted molar refractivity (Wildman–Crippen MR) is 110 cm³/mol. The van der Waals surface area contributed by atoms with Crippen LogP contribution in [0.1, 0.15) is 87.1 Å². The van der Waals surface area contributed by atoms with Crippen molar-refractivity contribution in [3.63, 3.8) is 0 Å². The number of amides is 3. The fourth-order valence-corrected chi connectivity index (χ4v) is 4.02. The predicted octanol–water partition coefficient (Wildman–Crippen LogP) is 4.32. The number of nitrogens with zero attached hydrogens (tertiary/aromatic N) is 2. The summed E-state index contributed by atoms with van der Waals surface area (Å²) in [6, 6.07) is 0.297. The second-order valence-electron chi connectivity index (χ2n) is 7.30. The minimum absolute atomic E-state index is 0.000465. The number of aromatic nitrogens is 1. The molecule has 2 rings (SSSR count). The first-order valence-electron chi connectivity index (χ1n) is 10.4. The lowest BCUT2D eigenvalue weighted by Gasteiger charge is -2.28. The smallest absolute Gasteiger partial charge is 0.317 e. The number of unbranched alkanes of at least 4 members (excludes halogenated alkanes) is 2. The molecule has 0 aliphatic heterocycles. The zero-order valence-electron chi connectivity index (χ0n) is 16.8. The molecule has 1 aliphatic rings. The quantitative estimate of drug-likeness (QED) is 0.581. The average Bonchev–Trinajstić information content (AvgIpc) is 3.14. The van der Waals surface area contributed by atoms with Crippen LogP contribution in [0.3, 0.4) is 0 Å². The van der Waals surface area contributed by atoms with E-state index in [2.05, 4.69) is 29.5 Å². The molecule has 1 fully saturated rings. The van der Waals surface area contributed by atoms with Gasteiger partial charge in [0.05, 0.1) is 6.54 Å². The fourth-order valence-electron chi connectivity index (χ4n) is 3.23. The molecule has 2 N–H and O–H groups in total. The summed E-state index contributed by atoms with van der Waals surface area (Å²) in [5.41, 5.74) is 0.453. The Balaban J connectivity index is 1.92. The van der Waals surface area contributed by atoms with Crippen LogP contribution in [0.25, 0.3) is 0 Å². The summed E-state index contributed by atoms with van der Waals surface area (Å²) in [5.74, 6) is -0.127. The van der Waals surface area contributed by atoms with E-state index in [0.29, 0.717) is 31.4 Å². The number of hydrogen-bond acceptors (Lipinski definition) is 4. The van der Waals surface area contributed by atoms with E-state index in [4.69, 9.17) is 0 Å². The minimum Gasteiger partial charge on any atom is -0.351 e. The molecular weight excluding hydrogens is 360 g/mol. The molecule has 0 radical (unpaired) electrons. The first kappa shape index (κ1) is 21.7. The number of thiazole rings is 1. The van der Waals surface area contributed by atoms with Crippen LogP contribution in [0.5, 0.6) is 0 Å². The molecule has 1 aliphatic carbocycles. The molecule has 0 aromatic carbocycles. The molecule has 0 atom stereocenters. The number of carbonyl (C=O) groups is 2. The van der Waals surface area contributed by atoms with Crippen LogP contribution >= 0.6 is 11.3 Å². The van der Waals surface area contributed by atoms with Crippen molar-refractivity contribution in [1.29, 1.82) is 0 Å². The highest BCUT2D eigenvalue weighted by Gasteiger charge is 2.21. The van der Waals surface area contributed by atoms with Gasteiger partial charge < -0.3 is 15.5 Å². The van der Waals surface area contributed by atoms with Crippen LogP contribution < -0.4 is 10.6 Å². The molecule has 152 valence electrons. The van der Waals surface area contributed by atoms with Gasteiger partial charge in [-0.05, 0) is 25.7 Å². The molecule has 0 saturated heterocycles. The van der Waals surface area contributed by atoms with Crippen LogP contribution in [0.4, 0.5) is 4.79 Å². The second-order valence-corrected chi connectivity index (χ2v) is 8.24. The Morgan fingerprint density at radius 1 is 1.19 bits per heavy atom. The van der Waals surface area contributed by atoms with E-state index in [9.17, 15) is 9.59 Å². The molecule has 6 nitrogen and oxygen atoms in total. The lowest BCUT2D eigenvalue weighted by atomic mass is 9.96. The fraction of sp³-hybridized carbons (Fsp3) is 0.750. The van der Waals surface area contributed by atoms with Gasteiger partial charge in [-0.15, -0.1) is 11.3 Å². The van der Waals surface area contributed by atoms with E-state index in [1.54, 1.807) is 5.38 Å². The molecule has 3 amide bonds. The highest BCUT2D eigenvalue weighted by Crippen LogP contribution is 2.18. The average molecular weight is 395 g/mol. The van der Waals surface area contributed by atoms with Crippen molar-refractivity contribution in [1.82, 2.24) is 20.5 Å². The van der Waals surface area contributed by atoms with E-state index in [1.807, 2.05) is 4.90 Å². The first-order valence-corrected chi connectivity index (χ1v) is 11.3. The Morgan fingerprint density at radius 2 is 1.93 bits per heavy atom. The molecule has 7 heteroatoms. The summed E-state index contributed by atoms with van der Waals surface area (Å²) < 4.78 is 0. The molecule has 27 heavy (non-hydrogen) atoms. The zero-order chi connectivity index (χ0) is 19.5. The number of nitrogens with one attached hydrogen (secondary N) is 2. The summed E-state index contributed by atoms with van der Waals surface area (Å²) in [7, 11) is 0. The standard InChI is InChI=1S/C20H34N4O2S/c1-3-5-12-21-19(25)17-15-27-18(23-17)14-24(13-6-4-2)20(26)22-16-10-8-7-9-11-16/h15-16H,3-14H2,1-2H3,(H,21,25)(H,22,26). The lowest BCUT2D eigenvalue weighted by molar-refractivity contribution is 0.0948. The van der Waals surface area contributed by atoms with Gasteiger partial charge in [0.15, 0.2) is 0 Å². The molecule has 1 aromatic heterocycles. The van der Waals surface area contributed by atoms with Crippen LogP contribution in [-0.2, 0) is 6.54 Å². The highest BCUT2D eigenvalue weighted by molar-refractivity contribution is 7.09. The van der Waals surface area contributed by atoms with Gasteiger partial charge >= 0.3 is 6.03 Å². The van der Waals surface area contributed by atoms with E-state index >= 15 is 0 Å². The van der Waals surface area contributed by atoms with Gasteiger partial charge in [0.25, 0.3) is 5.91 Å². The van der Waals surface area contributed by atoms with Gasteiger partial charge in [-0.2, -0.15) is 0 Å². The summed E-state index contributed by atoms with van der Waals surface area (Å²) in [5, 5.41) is 8.68. The van der Waals surface area contributed by atoms with E-state index in [1.165, 1.54) is 30.6 Å². The van der Waals surface area contributed by atoms with Crippen LogP contribution in [0.2, 0.25) is 0 Å². The summed E-state index contributed by atoms with van der Waals surface area (Å²) in [6.45, 7) is 6.07. The Morgan fingerprint density at radius 3 is 2.63 bits per heavy atom. The summed E-state index contributed by atoms with van der Waals surface area (Å²) in [4.78, 5) is 31.2. The van der Waals surface area contributed by atoms with Crippen molar-refractivity contribution >= 4 is 23.3 Å². The van der Waals surface area contributed by atoms with Gasteiger partial charge in [-0.25, -0.2) is 9.78 Å². The SMILES string of the molecule is CCCCNC(=O)c1csc(CN(CCCC)C(=O)NC2CCCCC2)n1. The van der Waals surface area contributed by atoms with Crippen molar-refractivity contribution in [3.05, 3.63) is 16.1 Å². The third kappa shape index (κ3) is 7.48. The second kappa shape index (κ2) is 12.0. The van der Waals surface area contributed by atoms with Crippen molar-refractivity contribution in [2.45, 2.75) is 84.2 Å². The third-order valence-electron chi connectivity index (χ3n) is 4.93. The van der Waals surface area contributed by atoms with E-state index in [-0.39, 0.29) is 11.9 Å². The van der Waals surface area contributed by atoms with Crippen LogP contribution in [-0.4, -0.2) is 41.0 Å². The molecule has 1 heterocycles.